The van der Waals surface area contributed by atoms with Gasteiger partial charge >= 0.3 is 12.0 Å². The van der Waals surface area contributed by atoms with Gasteiger partial charge in [0, 0.05) is 19.6 Å². The number of primary amides is 1. The highest BCUT2D eigenvalue weighted by molar-refractivity contribution is 5.90. The molecule has 0 spiro atoms. The van der Waals surface area contributed by atoms with Crippen LogP contribution in [0.5, 0.6) is 5.75 Å². The molecule has 0 bridgehead atoms. The standard InChI is InChI=1S/C12H17N3O4/c13-12(18)15-6-5-14-7-8-19-10-4-2-1-3-9(10)11(16)17/h1-4,14H,5-8H2,(H,16,17)(H3,13,15,18). The van der Waals surface area contributed by atoms with Crippen LogP contribution in [0.25, 0.3) is 0 Å². The Hall–Kier alpha value is -2.28. The minimum absolute atomic E-state index is 0.137. The van der Waals surface area contributed by atoms with Gasteiger partial charge in [0.05, 0.1) is 0 Å². The maximum absolute atomic E-state index is 10.9. The highest BCUT2D eigenvalue weighted by Gasteiger charge is 2.09. The largest absolute Gasteiger partial charge is 0.491 e. The Morgan fingerprint density at radius 2 is 1.95 bits per heavy atom. The zero-order chi connectivity index (χ0) is 14.1. The third kappa shape index (κ3) is 5.73. The van der Waals surface area contributed by atoms with Crippen LogP contribution in [0, 0.1) is 0 Å². The van der Waals surface area contributed by atoms with Gasteiger partial charge in [-0.25, -0.2) is 9.59 Å². The number of carbonyl (C=O) groups is 2. The molecule has 7 nitrogen and oxygen atoms in total. The van der Waals surface area contributed by atoms with Crippen LogP contribution >= 0.6 is 0 Å². The molecule has 104 valence electrons. The second-order valence-electron chi connectivity index (χ2n) is 3.69. The summed E-state index contributed by atoms with van der Waals surface area (Å²) < 4.78 is 5.37. The number of ether oxygens (including phenoxy) is 1. The Balaban J connectivity index is 2.23. The van der Waals surface area contributed by atoms with E-state index in [2.05, 4.69) is 10.6 Å². The van der Waals surface area contributed by atoms with Gasteiger partial charge in [-0.2, -0.15) is 0 Å². The van der Waals surface area contributed by atoms with E-state index in [0.29, 0.717) is 32.0 Å². The average Bonchev–Trinajstić information content (AvgIpc) is 2.37. The van der Waals surface area contributed by atoms with Crippen molar-refractivity contribution in [3.05, 3.63) is 29.8 Å². The number of rotatable bonds is 8. The molecule has 0 radical (unpaired) electrons. The molecular formula is C12H17N3O4. The van der Waals surface area contributed by atoms with E-state index in [4.69, 9.17) is 15.6 Å². The Morgan fingerprint density at radius 1 is 1.21 bits per heavy atom. The Bertz CT molecular complexity index is 437. The smallest absolute Gasteiger partial charge is 0.339 e. The number of urea groups is 1. The lowest BCUT2D eigenvalue weighted by Gasteiger charge is -2.09. The van der Waals surface area contributed by atoms with Gasteiger partial charge in [-0.3, -0.25) is 0 Å². The Kier molecular flexibility index (Phi) is 6.17. The number of para-hydroxylation sites is 1. The number of carboxylic acid groups (broad SMARTS) is 1. The molecule has 1 aromatic rings. The number of hydrogen-bond donors (Lipinski definition) is 4. The number of amides is 2. The summed E-state index contributed by atoms with van der Waals surface area (Å²) in [6, 6.07) is 5.89. The number of nitrogens with one attached hydrogen (secondary N) is 2. The molecule has 0 atom stereocenters. The number of nitrogens with two attached hydrogens (primary N) is 1. The molecule has 7 heteroatoms. The van der Waals surface area contributed by atoms with Crippen molar-refractivity contribution in [2.45, 2.75) is 0 Å². The van der Waals surface area contributed by atoms with Crippen LogP contribution in [0.3, 0.4) is 0 Å². The van der Waals surface area contributed by atoms with Crippen LogP contribution in [0.2, 0.25) is 0 Å². The summed E-state index contributed by atoms with van der Waals surface area (Å²) in [6.07, 6.45) is 0. The van der Waals surface area contributed by atoms with Gasteiger partial charge in [0.1, 0.15) is 17.9 Å². The Morgan fingerprint density at radius 3 is 2.63 bits per heavy atom. The van der Waals surface area contributed by atoms with Crippen molar-refractivity contribution in [2.24, 2.45) is 5.73 Å². The quantitative estimate of drug-likeness (QED) is 0.496. The fourth-order valence-corrected chi connectivity index (χ4v) is 1.40. The average molecular weight is 267 g/mol. The lowest BCUT2D eigenvalue weighted by Crippen LogP contribution is -2.36. The molecule has 1 aromatic carbocycles. The van der Waals surface area contributed by atoms with E-state index in [1.54, 1.807) is 18.2 Å². The summed E-state index contributed by atoms with van der Waals surface area (Å²) in [7, 11) is 0. The van der Waals surface area contributed by atoms with Gasteiger partial charge in [0.15, 0.2) is 0 Å². The normalized spacial score (nSPS) is 9.89. The zero-order valence-electron chi connectivity index (χ0n) is 10.4. The van der Waals surface area contributed by atoms with E-state index >= 15 is 0 Å². The first kappa shape index (κ1) is 14.8. The van der Waals surface area contributed by atoms with Crippen LogP contribution < -0.4 is 21.1 Å². The zero-order valence-corrected chi connectivity index (χ0v) is 10.4. The molecule has 0 aliphatic heterocycles. The van der Waals surface area contributed by atoms with Crippen molar-refractivity contribution in [3.8, 4) is 5.75 Å². The number of carbonyl (C=O) groups excluding carboxylic acids is 1. The summed E-state index contributed by atoms with van der Waals surface area (Å²) in [5.74, 6) is -0.679. The first-order valence-electron chi connectivity index (χ1n) is 5.80. The second-order valence-corrected chi connectivity index (χ2v) is 3.69. The third-order valence-corrected chi connectivity index (χ3v) is 2.25. The van der Waals surface area contributed by atoms with E-state index in [-0.39, 0.29) is 5.56 Å². The topological polar surface area (TPSA) is 114 Å². The second kappa shape index (κ2) is 7.93. The SMILES string of the molecule is NC(=O)NCCNCCOc1ccccc1C(=O)O. The number of aromatic carboxylic acids is 1. The van der Waals surface area contributed by atoms with Crippen molar-refractivity contribution in [1.29, 1.82) is 0 Å². The van der Waals surface area contributed by atoms with Crippen LogP contribution in [-0.2, 0) is 0 Å². The van der Waals surface area contributed by atoms with Crippen LogP contribution in [0.4, 0.5) is 4.79 Å². The van der Waals surface area contributed by atoms with Crippen LogP contribution in [0.1, 0.15) is 10.4 Å². The number of benzene rings is 1. The molecule has 19 heavy (non-hydrogen) atoms. The molecule has 0 fully saturated rings. The fraction of sp³-hybridized carbons (Fsp3) is 0.333. The molecule has 5 N–H and O–H groups in total. The van der Waals surface area contributed by atoms with Gasteiger partial charge in [-0.05, 0) is 12.1 Å². The first-order valence-corrected chi connectivity index (χ1v) is 5.80. The molecule has 0 unspecified atom stereocenters. The number of hydrogen-bond acceptors (Lipinski definition) is 4. The van der Waals surface area contributed by atoms with E-state index in [9.17, 15) is 9.59 Å². The first-order chi connectivity index (χ1) is 9.11. The minimum atomic E-state index is -1.02. The third-order valence-electron chi connectivity index (χ3n) is 2.25. The van der Waals surface area contributed by atoms with Gasteiger partial charge in [-0.1, -0.05) is 12.1 Å². The summed E-state index contributed by atoms with van der Waals surface area (Å²) in [4.78, 5) is 21.3. The van der Waals surface area contributed by atoms with Gasteiger partial charge in [0.25, 0.3) is 0 Å². The van der Waals surface area contributed by atoms with Crippen molar-refractivity contribution < 1.29 is 19.4 Å². The summed E-state index contributed by atoms with van der Waals surface area (Å²) in [6.45, 7) is 1.86. The molecule has 0 aliphatic rings. The molecular weight excluding hydrogens is 250 g/mol. The van der Waals surface area contributed by atoms with Crippen molar-refractivity contribution in [2.75, 3.05) is 26.2 Å². The maximum atomic E-state index is 10.9. The number of carboxylic acids is 1. The van der Waals surface area contributed by atoms with Crippen molar-refractivity contribution >= 4 is 12.0 Å². The van der Waals surface area contributed by atoms with Gasteiger partial charge in [0.2, 0.25) is 0 Å². The lowest BCUT2D eigenvalue weighted by atomic mass is 10.2. The predicted molar refractivity (Wildman–Crippen MR) is 69.4 cm³/mol. The lowest BCUT2D eigenvalue weighted by molar-refractivity contribution is 0.0692. The molecule has 0 heterocycles. The molecule has 0 aliphatic carbocycles. The highest BCUT2D eigenvalue weighted by atomic mass is 16.5. The summed E-state index contributed by atoms with van der Waals surface area (Å²) in [5, 5.41) is 14.4. The van der Waals surface area contributed by atoms with Gasteiger partial charge < -0.3 is 26.2 Å². The molecule has 0 aromatic heterocycles. The van der Waals surface area contributed by atoms with E-state index in [1.807, 2.05) is 0 Å². The van der Waals surface area contributed by atoms with E-state index in [0.717, 1.165) is 0 Å². The van der Waals surface area contributed by atoms with Crippen molar-refractivity contribution in [3.63, 3.8) is 0 Å². The summed E-state index contributed by atoms with van der Waals surface area (Å²) >= 11 is 0. The summed E-state index contributed by atoms with van der Waals surface area (Å²) in [5.41, 5.74) is 5.03. The monoisotopic (exact) mass is 267 g/mol. The van der Waals surface area contributed by atoms with Crippen LogP contribution in [-0.4, -0.2) is 43.3 Å². The van der Waals surface area contributed by atoms with Gasteiger partial charge in [-0.15, -0.1) is 0 Å². The van der Waals surface area contributed by atoms with Crippen molar-refractivity contribution in [1.82, 2.24) is 10.6 Å². The fourth-order valence-electron chi connectivity index (χ4n) is 1.40. The molecule has 0 saturated carbocycles. The van der Waals surface area contributed by atoms with Crippen LogP contribution in [0.15, 0.2) is 24.3 Å². The van der Waals surface area contributed by atoms with E-state index < -0.39 is 12.0 Å². The maximum Gasteiger partial charge on any atom is 0.339 e. The minimum Gasteiger partial charge on any atom is -0.491 e. The molecule has 2 amide bonds. The molecule has 1 rings (SSSR count). The van der Waals surface area contributed by atoms with E-state index in [1.165, 1.54) is 6.07 Å². The Labute approximate surface area is 110 Å². The highest BCUT2D eigenvalue weighted by Crippen LogP contribution is 2.17. The molecule has 0 saturated heterocycles. The predicted octanol–water partition coefficient (Wildman–Crippen LogP) is 0.0215.